The standard InChI is InChI=1S/C14H29NO2/c1-11-7-12(2)9-13(8-11)14(15-3)10-17-6-5-16-4/h11-15H,5-10H2,1-4H3. The number of hydrogen-bond donors (Lipinski definition) is 1. The molecular formula is C14H29NO2. The van der Waals surface area contributed by atoms with Crippen molar-refractivity contribution >= 4 is 0 Å². The van der Waals surface area contributed by atoms with Gasteiger partial charge in [-0.15, -0.1) is 0 Å². The van der Waals surface area contributed by atoms with E-state index in [1.165, 1.54) is 19.3 Å². The van der Waals surface area contributed by atoms with Crippen molar-refractivity contribution in [3.05, 3.63) is 0 Å². The van der Waals surface area contributed by atoms with E-state index in [-0.39, 0.29) is 0 Å². The Morgan fingerprint density at radius 2 is 1.76 bits per heavy atom. The number of nitrogens with one attached hydrogen (secondary N) is 1. The van der Waals surface area contributed by atoms with Crippen molar-refractivity contribution in [3.63, 3.8) is 0 Å². The van der Waals surface area contributed by atoms with Gasteiger partial charge in [0, 0.05) is 13.2 Å². The Labute approximate surface area is 106 Å². The molecule has 0 saturated heterocycles. The first kappa shape index (κ1) is 14.9. The molecule has 1 saturated carbocycles. The van der Waals surface area contributed by atoms with Crippen LogP contribution in [-0.4, -0.2) is 40.0 Å². The number of rotatable bonds is 7. The van der Waals surface area contributed by atoms with Gasteiger partial charge in [-0.3, -0.25) is 0 Å². The van der Waals surface area contributed by atoms with Crippen LogP contribution in [0.4, 0.5) is 0 Å². The average molecular weight is 243 g/mol. The maximum Gasteiger partial charge on any atom is 0.0701 e. The van der Waals surface area contributed by atoms with Crippen molar-refractivity contribution in [1.29, 1.82) is 0 Å². The van der Waals surface area contributed by atoms with Crippen molar-refractivity contribution < 1.29 is 9.47 Å². The minimum absolute atomic E-state index is 0.497. The Hall–Kier alpha value is -0.120. The number of methoxy groups -OCH3 is 1. The third-order valence-corrected chi connectivity index (χ3v) is 3.88. The fourth-order valence-corrected chi connectivity index (χ4v) is 3.15. The zero-order valence-corrected chi connectivity index (χ0v) is 11.9. The average Bonchev–Trinajstić information content (AvgIpc) is 2.28. The third-order valence-electron chi connectivity index (χ3n) is 3.88. The summed E-state index contributed by atoms with van der Waals surface area (Å²) >= 11 is 0. The smallest absolute Gasteiger partial charge is 0.0701 e. The maximum atomic E-state index is 5.66. The maximum absolute atomic E-state index is 5.66. The first-order valence-corrected chi connectivity index (χ1v) is 6.91. The van der Waals surface area contributed by atoms with Crippen molar-refractivity contribution in [2.75, 3.05) is 34.0 Å². The van der Waals surface area contributed by atoms with Crippen LogP contribution < -0.4 is 5.32 Å². The Balaban J connectivity index is 2.32. The summed E-state index contributed by atoms with van der Waals surface area (Å²) in [5, 5.41) is 3.42. The summed E-state index contributed by atoms with van der Waals surface area (Å²) in [4.78, 5) is 0. The minimum atomic E-state index is 0.497. The second kappa shape index (κ2) is 8.06. The van der Waals surface area contributed by atoms with E-state index in [1.807, 2.05) is 7.05 Å². The predicted octanol–water partition coefficient (Wildman–Crippen LogP) is 2.31. The fraction of sp³-hybridized carbons (Fsp3) is 1.00. The highest BCUT2D eigenvalue weighted by Crippen LogP contribution is 2.34. The highest BCUT2D eigenvalue weighted by Gasteiger charge is 2.29. The van der Waals surface area contributed by atoms with E-state index < -0.39 is 0 Å². The summed E-state index contributed by atoms with van der Waals surface area (Å²) in [5.41, 5.74) is 0. The summed E-state index contributed by atoms with van der Waals surface area (Å²) in [7, 11) is 3.76. The van der Waals surface area contributed by atoms with E-state index in [4.69, 9.17) is 9.47 Å². The van der Waals surface area contributed by atoms with Crippen LogP contribution in [0.25, 0.3) is 0 Å². The highest BCUT2D eigenvalue weighted by atomic mass is 16.5. The van der Waals surface area contributed by atoms with Gasteiger partial charge in [0.1, 0.15) is 0 Å². The molecule has 17 heavy (non-hydrogen) atoms. The second-order valence-corrected chi connectivity index (χ2v) is 5.64. The van der Waals surface area contributed by atoms with Gasteiger partial charge in [0.05, 0.1) is 19.8 Å². The van der Waals surface area contributed by atoms with Crippen LogP contribution in [0.5, 0.6) is 0 Å². The lowest BCUT2D eigenvalue weighted by atomic mass is 9.74. The highest BCUT2D eigenvalue weighted by molar-refractivity contribution is 4.83. The molecule has 0 aliphatic heterocycles. The van der Waals surface area contributed by atoms with E-state index >= 15 is 0 Å². The molecule has 1 aliphatic carbocycles. The van der Waals surface area contributed by atoms with Gasteiger partial charge in [-0.05, 0) is 44.1 Å². The van der Waals surface area contributed by atoms with Crippen LogP contribution >= 0.6 is 0 Å². The predicted molar refractivity (Wildman–Crippen MR) is 71.2 cm³/mol. The molecule has 0 aromatic heterocycles. The van der Waals surface area contributed by atoms with Gasteiger partial charge in [0.15, 0.2) is 0 Å². The molecule has 0 heterocycles. The van der Waals surface area contributed by atoms with E-state index in [9.17, 15) is 0 Å². The summed E-state index contributed by atoms with van der Waals surface area (Å²) in [5.74, 6) is 2.48. The Bertz CT molecular complexity index is 189. The molecule has 1 fully saturated rings. The SMILES string of the molecule is CNC(COCCOC)C1CC(C)CC(C)C1. The lowest BCUT2D eigenvalue weighted by Crippen LogP contribution is -2.41. The lowest BCUT2D eigenvalue weighted by molar-refractivity contribution is 0.0401. The third kappa shape index (κ3) is 5.36. The lowest BCUT2D eigenvalue weighted by Gasteiger charge is -2.36. The number of ether oxygens (including phenoxy) is 2. The molecule has 3 atom stereocenters. The first-order chi connectivity index (χ1) is 8.17. The number of hydrogen-bond acceptors (Lipinski definition) is 3. The topological polar surface area (TPSA) is 30.5 Å². The minimum Gasteiger partial charge on any atom is -0.382 e. The molecule has 0 radical (unpaired) electrons. The molecule has 0 amide bonds. The van der Waals surface area contributed by atoms with E-state index in [2.05, 4.69) is 19.2 Å². The number of likely N-dealkylation sites (N-methyl/N-ethyl adjacent to an activating group) is 1. The van der Waals surface area contributed by atoms with Gasteiger partial charge in [-0.1, -0.05) is 13.8 Å². The van der Waals surface area contributed by atoms with Gasteiger partial charge in [-0.2, -0.15) is 0 Å². The zero-order valence-electron chi connectivity index (χ0n) is 11.9. The van der Waals surface area contributed by atoms with E-state index in [1.54, 1.807) is 7.11 Å². The van der Waals surface area contributed by atoms with Crippen LogP contribution in [0.3, 0.4) is 0 Å². The molecule has 3 nitrogen and oxygen atoms in total. The van der Waals surface area contributed by atoms with E-state index in [0.29, 0.717) is 19.3 Å². The Kier molecular flexibility index (Phi) is 7.09. The van der Waals surface area contributed by atoms with Crippen LogP contribution in [-0.2, 0) is 9.47 Å². The molecule has 0 spiro atoms. The van der Waals surface area contributed by atoms with Crippen molar-refractivity contribution in [2.45, 2.75) is 39.2 Å². The molecule has 1 N–H and O–H groups in total. The molecule has 0 aromatic rings. The molecule has 1 aliphatic rings. The van der Waals surface area contributed by atoms with Crippen LogP contribution in [0.2, 0.25) is 0 Å². The summed E-state index contributed by atoms with van der Waals surface area (Å²) < 4.78 is 10.7. The largest absolute Gasteiger partial charge is 0.382 e. The Morgan fingerprint density at radius 3 is 2.29 bits per heavy atom. The van der Waals surface area contributed by atoms with Crippen LogP contribution in [0.15, 0.2) is 0 Å². The first-order valence-electron chi connectivity index (χ1n) is 6.91. The van der Waals surface area contributed by atoms with Gasteiger partial charge >= 0.3 is 0 Å². The monoisotopic (exact) mass is 243 g/mol. The molecule has 0 aromatic carbocycles. The molecule has 0 bridgehead atoms. The second-order valence-electron chi connectivity index (χ2n) is 5.64. The summed E-state index contributed by atoms with van der Waals surface area (Å²) in [6.45, 7) is 6.95. The summed E-state index contributed by atoms with van der Waals surface area (Å²) in [6, 6.07) is 0.497. The summed E-state index contributed by atoms with van der Waals surface area (Å²) in [6.07, 6.45) is 4.06. The normalized spacial score (nSPS) is 31.4. The Morgan fingerprint density at radius 1 is 1.12 bits per heavy atom. The van der Waals surface area contributed by atoms with Gasteiger partial charge in [-0.25, -0.2) is 0 Å². The van der Waals surface area contributed by atoms with Gasteiger partial charge in [0.2, 0.25) is 0 Å². The quantitative estimate of drug-likeness (QED) is 0.696. The van der Waals surface area contributed by atoms with Crippen molar-refractivity contribution in [3.8, 4) is 0 Å². The van der Waals surface area contributed by atoms with E-state index in [0.717, 1.165) is 24.4 Å². The molecular weight excluding hydrogens is 214 g/mol. The molecule has 3 heteroatoms. The van der Waals surface area contributed by atoms with Gasteiger partial charge < -0.3 is 14.8 Å². The van der Waals surface area contributed by atoms with Crippen LogP contribution in [0, 0.1) is 17.8 Å². The molecule has 3 unspecified atom stereocenters. The van der Waals surface area contributed by atoms with Gasteiger partial charge in [0.25, 0.3) is 0 Å². The molecule has 1 rings (SSSR count). The van der Waals surface area contributed by atoms with Crippen molar-refractivity contribution in [2.24, 2.45) is 17.8 Å². The molecule has 102 valence electrons. The fourth-order valence-electron chi connectivity index (χ4n) is 3.15. The van der Waals surface area contributed by atoms with Crippen LogP contribution in [0.1, 0.15) is 33.1 Å². The zero-order chi connectivity index (χ0) is 12.7. The van der Waals surface area contributed by atoms with Crippen molar-refractivity contribution in [1.82, 2.24) is 5.32 Å².